The molecule has 0 bridgehead atoms. The van der Waals surface area contributed by atoms with Crippen molar-refractivity contribution in [1.82, 2.24) is 25.6 Å². The van der Waals surface area contributed by atoms with Crippen molar-refractivity contribution in [1.29, 1.82) is 0 Å². The van der Waals surface area contributed by atoms with Crippen LogP contribution in [0, 0.1) is 0 Å². The molecule has 0 radical (unpaired) electrons. The lowest BCUT2D eigenvalue weighted by Gasteiger charge is -2.40. The van der Waals surface area contributed by atoms with Crippen LogP contribution in [0.1, 0.15) is 35.3 Å². The molecular weight excluding hydrogens is 406 g/mol. The summed E-state index contributed by atoms with van der Waals surface area (Å²) in [5.74, 6) is 2.04. The molecule has 2 aromatic heterocycles. The van der Waals surface area contributed by atoms with Crippen molar-refractivity contribution in [3.63, 3.8) is 0 Å². The van der Waals surface area contributed by atoms with Gasteiger partial charge < -0.3 is 25.1 Å². The Morgan fingerprint density at radius 3 is 2.72 bits per heavy atom. The molecule has 1 amide bonds. The number of nitrogens with one attached hydrogen (secondary N) is 3. The topological polar surface area (TPSA) is 101 Å². The number of piperidine rings is 1. The maximum Gasteiger partial charge on any atom is 0.253 e. The highest BCUT2D eigenvalue weighted by Crippen LogP contribution is 2.39. The van der Waals surface area contributed by atoms with Crippen LogP contribution in [0.2, 0.25) is 0 Å². The zero-order valence-corrected chi connectivity index (χ0v) is 17.7. The minimum Gasteiger partial charge on any atom is -0.490 e. The summed E-state index contributed by atoms with van der Waals surface area (Å²) in [6, 6.07) is 9.58. The Kier molecular flexibility index (Phi) is 4.61. The number of hydrogen-bond donors (Lipinski definition) is 3. The molecule has 1 saturated heterocycles. The second-order valence-electron chi connectivity index (χ2n) is 8.66. The molecule has 3 aromatic rings. The molecular formula is C24H25N5O3. The van der Waals surface area contributed by atoms with Gasteiger partial charge in [0.05, 0.1) is 30.2 Å². The Balaban J connectivity index is 1.37. The number of carbonyl (C=O) groups is 1. The molecule has 5 heterocycles. The van der Waals surface area contributed by atoms with Crippen LogP contribution in [0.3, 0.4) is 0 Å². The van der Waals surface area contributed by atoms with E-state index >= 15 is 0 Å². The number of hydrogen-bond acceptors (Lipinski definition) is 6. The van der Waals surface area contributed by atoms with Crippen molar-refractivity contribution in [3.8, 4) is 34.3 Å². The van der Waals surface area contributed by atoms with Crippen LogP contribution in [0.15, 0.2) is 36.5 Å². The molecule has 1 fully saturated rings. The number of aromatic amines is 1. The number of fused-ring (bicyclic) bond motifs is 3. The second kappa shape index (κ2) is 7.63. The molecule has 1 aromatic carbocycles. The maximum atomic E-state index is 12.6. The van der Waals surface area contributed by atoms with E-state index in [0.717, 1.165) is 66.3 Å². The van der Waals surface area contributed by atoms with Gasteiger partial charge in [0.25, 0.3) is 5.91 Å². The number of ether oxygens (including phenoxy) is 2. The maximum absolute atomic E-state index is 12.6. The average Bonchev–Trinajstić information content (AvgIpc) is 3.18. The summed E-state index contributed by atoms with van der Waals surface area (Å²) in [5.41, 5.74) is 4.17. The molecule has 164 valence electrons. The lowest BCUT2D eigenvalue weighted by Crippen LogP contribution is -2.51. The molecule has 0 saturated carbocycles. The van der Waals surface area contributed by atoms with Crippen molar-refractivity contribution >= 4 is 5.91 Å². The van der Waals surface area contributed by atoms with E-state index in [1.807, 2.05) is 30.3 Å². The highest BCUT2D eigenvalue weighted by molar-refractivity contribution is 5.98. The zero-order chi connectivity index (χ0) is 21.5. The van der Waals surface area contributed by atoms with Crippen LogP contribution in [0.5, 0.6) is 11.5 Å². The third-order valence-corrected chi connectivity index (χ3v) is 6.68. The zero-order valence-electron chi connectivity index (χ0n) is 17.7. The van der Waals surface area contributed by atoms with E-state index < -0.39 is 0 Å². The highest BCUT2D eigenvalue weighted by Gasteiger charge is 2.42. The molecule has 1 spiro atoms. The van der Waals surface area contributed by atoms with Gasteiger partial charge in [-0.3, -0.25) is 4.79 Å². The molecule has 3 N–H and O–H groups in total. The molecule has 32 heavy (non-hydrogen) atoms. The minimum absolute atomic E-state index is 0.0242. The van der Waals surface area contributed by atoms with E-state index in [2.05, 4.69) is 20.6 Å². The SMILES string of the molecule is O=C1NCC2(CCNCC2)c2[nH]c(-c3ccnc(-c4ccc5c(c4)OCCCO5)n3)cc21. The first-order valence-corrected chi connectivity index (χ1v) is 11.2. The van der Waals surface area contributed by atoms with Gasteiger partial charge in [-0.2, -0.15) is 0 Å². The Labute approximate surface area is 185 Å². The Hall–Kier alpha value is -3.39. The molecule has 8 nitrogen and oxygen atoms in total. The second-order valence-corrected chi connectivity index (χ2v) is 8.66. The summed E-state index contributed by atoms with van der Waals surface area (Å²) in [4.78, 5) is 25.4. The quantitative estimate of drug-likeness (QED) is 0.577. The summed E-state index contributed by atoms with van der Waals surface area (Å²) >= 11 is 0. The van der Waals surface area contributed by atoms with Gasteiger partial charge in [-0.15, -0.1) is 0 Å². The summed E-state index contributed by atoms with van der Waals surface area (Å²) in [6.07, 6.45) is 4.60. The number of aromatic nitrogens is 3. The Morgan fingerprint density at radius 2 is 1.84 bits per heavy atom. The number of benzene rings is 1. The standard InChI is InChI=1S/C24H25N5O3/c30-23-16-13-18(28-21(16)24(14-27-23)5-8-25-9-6-24)17-4-7-26-22(29-17)15-2-3-19-20(12-15)32-11-1-10-31-19/h2-4,7,12-13,25,28H,1,5-6,8-11,14H2,(H,27,30). The van der Waals surface area contributed by atoms with Gasteiger partial charge in [-0.25, -0.2) is 9.97 Å². The van der Waals surface area contributed by atoms with Crippen LogP contribution < -0.4 is 20.1 Å². The number of nitrogens with zero attached hydrogens (tertiary/aromatic N) is 2. The van der Waals surface area contributed by atoms with Crippen LogP contribution >= 0.6 is 0 Å². The third kappa shape index (κ3) is 3.22. The fourth-order valence-corrected chi connectivity index (χ4v) is 4.91. The van der Waals surface area contributed by atoms with Crippen molar-refractivity contribution in [2.75, 3.05) is 32.8 Å². The third-order valence-electron chi connectivity index (χ3n) is 6.68. The summed E-state index contributed by atoms with van der Waals surface area (Å²) in [5, 5.41) is 6.51. The van der Waals surface area contributed by atoms with Crippen molar-refractivity contribution in [2.45, 2.75) is 24.7 Å². The van der Waals surface area contributed by atoms with Crippen LogP contribution in [-0.4, -0.2) is 53.7 Å². The normalized spacial score (nSPS) is 19.2. The van der Waals surface area contributed by atoms with Crippen LogP contribution in [0.4, 0.5) is 0 Å². The first kappa shape index (κ1) is 19.3. The van der Waals surface area contributed by atoms with E-state index in [1.54, 1.807) is 6.20 Å². The van der Waals surface area contributed by atoms with E-state index in [0.29, 0.717) is 31.3 Å². The Morgan fingerprint density at radius 1 is 1.00 bits per heavy atom. The van der Waals surface area contributed by atoms with E-state index in [-0.39, 0.29) is 11.3 Å². The molecule has 0 aliphatic carbocycles. The average molecular weight is 431 g/mol. The van der Waals surface area contributed by atoms with Crippen LogP contribution in [-0.2, 0) is 5.41 Å². The number of carbonyl (C=O) groups excluding carboxylic acids is 1. The van der Waals surface area contributed by atoms with Gasteiger partial charge in [0.1, 0.15) is 0 Å². The summed E-state index contributed by atoms with van der Waals surface area (Å²) in [7, 11) is 0. The molecule has 6 rings (SSSR count). The molecule has 8 heteroatoms. The molecule has 3 aliphatic rings. The summed E-state index contributed by atoms with van der Waals surface area (Å²) < 4.78 is 11.6. The first-order valence-electron chi connectivity index (χ1n) is 11.2. The fourth-order valence-electron chi connectivity index (χ4n) is 4.91. The Bertz CT molecular complexity index is 1180. The lowest BCUT2D eigenvalue weighted by molar-refractivity contribution is 0.0913. The molecule has 3 aliphatic heterocycles. The molecule has 0 atom stereocenters. The lowest BCUT2D eigenvalue weighted by atomic mass is 9.73. The fraction of sp³-hybridized carbons (Fsp3) is 0.375. The van der Waals surface area contributed by atoms with Gasteiger partial charge in [0.2, 0.25) is 0 Å². The largest absolute Gasteiger partial charge is 0.490 e. The van der Waals surface area contributed by atoms with Gasteiger partial charge in [0.15, 0.2) is 17.3 Å². The van der Waals surface area contributed by atoms with Gasteiger partial charge in [-0.1, -0.05) is 0 Å². The first-order chi connectivity index (χ1) is 15.7. The van der Waals surface area contributed by atoms with Gasteiger partial charge in [0, 0.05) is 35.8 Å². The monoisotopic (exact) mass is 431 g/mol. The predicted octanol–water partition coefficient (Wildman–Crippen LogP) is 2.66. The molecule has 0 unspecified atom stereocenters. The highest BCUT2D eigenvalue weighted by atomic mass is 16.5. The van der Waals surface area contributed by atoms with Gasteiger partial charge >= 0.3 is 0 Å². The smallest absolute Gasteiger partial charge is 0.253 e. The van der Waals surface area contributed by atoms with Crippen molar-refractivity contribution < 1.29 is 14.3 Å². The van der Waals surface area contributed by atoms with Crippen molar-refractivity contribution in [2.24, 2.45) is 0 Å². The predicted molar refractivity (Wildman–Crippen MR) is 119 cm³/mol. The van der Waals surface area contributed by atoms with E-state index in [4.69, 9.17) is 14.5 Å². The van der Waals surface area contributed by atoms with E-state index in [9.17, 15) is 4.79 Å². The summed E-state index contributed by atoms with van der Waals surface area (Å²) in [6.45, 7) is 3.86. The van der Waals surface area contributed by atoms with Crippen LogP contribution in [0.25, 0.3) is 22.8 Å². The van der Waals surface area contributed by atoms with E-state index in [1.165, 1.54) is 0 Å². The van der Waals surface area contributed by atoms with Crippen molar-refractivity contribution in [3.05, 3.63) is 47.8 Å². The number of amides is 1. The number of H-pyrrole nitrogens is 1. The van der Waals surface area contributed by atoms with Gasteiger partial charge in [-0.05, 0) is 56.3 Å². The minimum atomic E-state index is -0.0447. The number of rotatable bonds is 2.